The van der Waals surface area contributed by atoms with Crippen LogP contribution in [0.4, 0.5) is 0 Å². The Morgan fingerprint density at radius 2 is 1.76 bits per heavy atom. The van der Waals surface area contributed by atoms with E-state index in [1.165, 1.54) is 30.0 Å². The van der Waals surface area contributed by atoms with E-state index in [-0.39, 0.29) is 5.91 Å². The lowest BCUT2D eigenvalue weighted by Gasteiger charge is -2.34. The topological polar surface area (TPSA) is 91.3 Å². The van der Waals surface area contributed by atoms with Crippen molar-refractivity contribution in [2.24, 2.45) is 14.1 Å². The molecule has 1 amide bonds. The molecule has 2 aromatic rings. The van der Waals surface area contributed by atoms with Crippen LogP contribution in [0.5, 0.6) is 0 Å². The van der Waals surface area contributed by atoms with E-state index in [9.17, 15) is 14.4 Å². The van der Waals surface area contributed by atoms with Gasteiger partial charge in [0, 0.05) is 59.1 Å². The molecule has 29 heavy (non-hydrogen) atoms. The lowest BCUT2D eigenvalue weighted by Crippen LogP contribution is -2.47. The number of benzene rings is 1. The number of hydrogen-bond acceptors (Lipinski definition) is 5. The fraction of sp³-hybridized carbons (Fsp3) is 0.333. The molecule has 3 rings (SSSR count). The number of carbonyl (C=O) groups excluding carboxylic acids is 1. The van der Waals surface area contributed by atoms with Crippen LogP contribution >= 0.6 is 0 Å². The molecule has 0 bridgehead atoms. The van der Waals surface area contributed by atoms with Gasteiger partial charge in [-0.1, -0.05) is 12.1 Å². The van der Waals surface area contributed by atoms with Gasteiger partial charge in [-0.3, -0.25) is 19.1 Å². The molecular weight excluding hydrogens is 370 g/mol. The number of hydrogen-bond donors (Lipinski definition) is 0. The second-order valence-corrected chi connectivity index (χ2v) is 7.09. The lowest BCUT2D eigenvalue weighted by molar-refractivity contribution is -0.127. The van der Waals surface area contributed by atoms with Gasteiger partial charge in [-0.05, 0) is 23.8 Å². The van der Waals surface area contributed by atoms with Crippen molar-refractivity contribution in [3.8, 4) is 6.07 Å². The molecule has 1 aliphatic rings. The highest BCUT2D eigenvalue weighted by Crippen LogP contribution is 2.10. The molecule has 1 saturated heterocycles. The Balaban J connectivity index is 1.57. The molecule has 150 valence electrons. The van der Waals surface area contributed by atoms with Crippen molar-refractivity contribution in [3.05, 3.63) is 74.1 Å². The SMILES string of the molecule is Cn1cc(/C=C/C(=O)N2CCN(Cc3ccc(C#N)cc3)CC2)c(=O)n(C)c1=O. The lowest BCUT2D eigenvalue weighted by atomic mass is 10.1. The molecule has 0 aliphatic carbocycles. The van der Waals surface area contributed by atoms with E-state index < -0.39 is 11.2 Å². The summed E-state index contributed by atoms with van der Waals surface area (Å²) < 4.78 is 2.33. The first-order valence-corrected chi connectivity index (χ1v) is 9.34. The van der Waals surface area contributed by atoms with Gasteiger partial charge in [0.05, 0.1) is 17.2 Å². The van der Waals surface area contributed by atoms with Crippen LogP contribution in [0.2, 0.25) is 0 Å². The third kappa shape index (κ3) is 4.70. The number of amides is 1. The van der Waals surface area contributed by atoms with Crippen molar-refractivity contribution in [1.82, 2.24) is 18.9 Å². The smallest absolute Gasteiger partial charge is 0.330 e. The summed E-state index contributed by atoms with van der Waals surface area (Å²) in [5.74, 6) is -0.154. The van der Waals surface area contributed by atoms with E-state index in [0.29, 0.717) is 24.2 Å². The monoisotopic (exact) mass is 393 g/mol. The van der Waals surface area contributed by atoms with Crippen LogP contribution in [0.3, 0.4) is 0 Å². The quantitative estimate of drug-likeness (QED) is 0.698. The maximum atomic E-state index is 12.5. The minimum absolute atomic E-state index is 0.154. The molecule has 2 heterocycles. The Kier molecular flexibility index (Phi) is 6.10. The normalized spacial score (nSPS) is 14.9. The highest BCUT2D eigenvalue weighted by Gasteiger charge is 2.19. The standard InChI is InChI=1S/C21H23N5O3/c1-23-15-18(20(28)24(2)21(23)29)7-8-19(27)26-11-9-25(10-12-26)14-17-5-3-16(13-22)4-6-17/h3-8,15H,9-12,14H2,1-2H3/b8-7+. The van der Waals surface area contributed by atoms with Gasteiger partial charge in [0.2, 0.25) is 5.91 Å². The zero-order valence-electron chi connectivity index (χ0n) is 16.5. The second-order valence-electron chi connectivity index (χ2n) is 7.09. The predicted octanol–water partition coefficient (Wildman–Crippen LogP) is 0.313. The number of aryl methyl sites for hydroxylation is 1. The van der Waals surface area contributed by atoms with Gasteiger partial charge >= 0.3 is 5.69 Å². The van der Waals surface area contributed by atoms with Crippen molar-refractivity contribution >= 4 is 12.0 Å². The Bertz CT molecular complexity index is 1080. The summed E-state index contributed by atoms with van der Waals surface area (Å²) in [6.45, 7) is 3.48. The first-order valence-electron chi connectivity index (χ1n) is 9.34. The van der Waals surface area contributed by atoms with Gasteiger partial charge in [-0.25, -0.2) is 4.79 Å². The average molecular weight is 393 g/mol. The number of carbonyl (C=O) groups is 1. The summed E-state index contributed by atoms with van der Waals surface area (Å²) in [7, 11) is 2.98. The third-order valence-electron chi connectivity index (χ3n) is 5.05. The predicted molar refractivity (Wildman–Crippen MR) is 109 cm³/mol. The minimum Gasteiger partial charge on any atom is -0.337 e. The van der Waals surface area contributed by atoms with Crippen LogP contribution in [0.15, 0.2) is 46.1 Å². The van der Waals surface area contributed by atoms with Gasteiger partial charge in [0.25, 0.3) is 5.56 Å². The second kappa shape index (κ2) is 8.71. The largest absolute Gasteiger partial charge is 0.337 e. The van der Waals surface area contributed by atoms with Gasteiger partial charge in [-0.2, -0.15) is 5.26 Å². The number of rotatable bonds is 4. The molecule has 0 radical (unpaired) electrons. The Hall–Kier alpha value is -3.44. The van der Waals surface area contributed by atoms with Crippen LogP contribution in [-0.4, -0.2) is 51.0 Å². The van der Waals surface area contributed by atoms with Gasteiger partial charge in [-0.15, -0.1) is 0 Å². The Labute approximate surface area is 168 Å². The molecule has 1 aliphatic heterocycles. The average Bonchev–Trinajstić information content (AvgIpc) is 2.74. The van der Waals surface area contributed by atoms with Gasteiger partial charge < -0.3 is 9.47 Å². The fourth-order valence-corrected chi connectivity index (χ4v) is 3.29. The van der Waals surface area contributed by atoms with Crippen LogP contribution in [0, 0.1) is 11.3 Å². The molecule has 0 spiro atoms. The Morgan fingerprint density at radius 1 is 1.10 bits per heavy atom. The molecule has 0 atom stereocenters. The van der Waals surface area contributed by atoms with E-state index in [4.69, 9.17) is 5.26 Å². The van der Waals surface area contributed by atoms with Crippen molar-refractivity contribution in [1.29, 1.82) is 5.26 Å². The molecule has 1 aromatic heterocycles. The van der Waals surface area contributed by atoms with E-state index in [0.717, 1.165) is 29.8 Å². The van der Waals surface area contributed by atoms with Crippen LogP contribution in [-0.2, 0) is 25.4 Å². The first-order chi connectivity index (χ1) is 13.9. The zero-order chi connectivity index (χ0) is 21.0. The number of aromatic nitrogens is 2. The van der Waals surface area contributed by atoms with E-state index in [1.807, 2.05) is 24.3 Å². The molecule has 0 unspecified atom stereocenters. The van der Waals surface area contributed by atoms with Crippen LogP contribution in [0.25, 0.3) is 6.08 Å². The van der Waals surface area contributed by atoms with E-state index in [1.54, 1.807) is 11.9 Å². The molecule has 1 aromatic carbocycles. The first kappa shape index (κ1) is 20.3. The van der Waals surface area contributed by atoms with Crippen LogP contribution < -0.4 is 11.2 Å². The summed E-state index contributed by atoms with van der Waals surface area (Å²) in [6.07, 6.45) is 4.29. The molecule has 0 N–H and O–H groups in total. The van der Waals surface area contributed by atoms with Crippen LogP contribution in [0.1, 0.15) is 16.7 Å². The van der Waals surface area contributed by atoms with Crippen molar-refractivity contribution in [3.63, 3.8) is 0 Å². The number of nitriles is 1. The van der Waals surface area contributed by atoms with Crippen molar-refractivity contribution < 1.29 is 4.79 Å². The molecule has 8 nitrogen and oxygen atoms in total. The maximum Gasteiger partial charge on any atom is 0.330 e. The summed E-state index contributed by atoms with van der Waals surface area (Å²) >= 11 is 0. The molecule has 8 heteroatoms. The molecule has 0 saturated carbocycles. The van der Waals surface area contributed by atoms with E-state index >= 15 is 0 Å². The highest BCUT2D eigenvalue weighted by molar-refractivity contribution is 5.91. The summed E-state index contributed by atoms with van der Waals surface area (Å²) in [4.78, 5) is 40.3. The maximum absolute atomic E-state index is 12.5. The highest BCUT2D eigenvalue weighted by atomic mass is 16.2. The van der Waals surface area contributed by atoms with E-state index in [2.05, 4.69) is 11.0 Å². The molecular formula is C21H23N5O3. The minimum atomic E-state index is -0.426. The number of nitrogens with zero attached hydrogens (tertiary/aromatic N) is 5. The summed E-state index contributed by atoms with van der Waals surface area (Å²) in [5.41, 5.74) is 1.24. The number of piperazine rings is 1. The molecule has 1 fully saturated rings. The van der Waals surface area contributed by atoms with Gasteiger partial charge in [0.1, 0.15) is 0 Å². The summed E-state index contributed by atoms with van der Waals surface area (Å²) in [5, 5.41) is 8.86. The summed E-state index contributed by atoms with van der Waals surface area (Å²) in [6, 6.07) is 9.63. The van der Waals surface area contributed by atoms with Crippen molar-refractivity contribution in [2.45, 2.75) is 6.54 Å². The fourth-order valence-electron chi connectivity index (χ4n) is 3.29. The van der Waals surface area contributed by atoms with Gasteiger partial charge in [0.15, 0.2) is 0 Å². The third-order valence-corrected chi connectivity index (χ3v) is 5.05. The zero-order valence-corrected chi connectivity index (χ0v) is 16.5. The Morgan fingerprint density at radius 3 is 2.38 bits per heavy atom. The van der Waals surface area contributed by atoms with Crippen molar-refractivity contribution in [2.75, 3.05) is 26.2 Å².